The van der Waals surface area contributed by atoms with Crippen LogP contribution in [-0.4, -0.2) is 0 Å². The van der Waals surface area contributed by atoms with E-state index in [1.165, 1.54) is 104 Å². The molecule has 138 heavy (non-hydrogen) atoms. The molecule has 0 amide bonds. The molecule has 0 unspecified atom stereocenters. The van der Waals surface area contributed by atoms with Crippen LogP contribution in [-0.2, 0) is 0 Å². The first-order valence-corrected chi connectivity index (χ1v) is 47.1. The first-order chi connectivity index (χ1) is 68.4. The minimum Gasteiger partial charge on any atom is -0.455 e. The van der Waals surface area contributed by atoms with Crippen molar-refractivity contribution in [1.29, 1.82) is 0 Å². The number of rotatable bonds is 15. The second-order valence-electron chi connectivity index (χ2n) is 35.2. The lowest BCUT2D eigenvalue weighted by Gasteiger charge is -2.26. The topological polar surface area (TPSA) is 49.1 Å². The van der Waals surface area contributed by atoms with Crippen LogP contribution < -0.4 is 14.7 Å². The Kier molecular flexibility index (Phi) is 20.9. The predicted octanol–water partition coefficient (Wildman–Crippen LogP) is 38.1. The lowest BCUT2D eigenvalue weighted by Crippen LogP contribution is -2.09. The summed E-state index contributed by atoms with van der Waals surface area (Å²) in [6, 6.07) is 188. The van der Waals surface area contributed by atoms with Gasteiger partial charge in [-0.05, 0) is 232 Å². The largest absolute Gasteiger partial charge is 0.455 e. The van der Waals surface area contributed by atoms with E-state index in [0.717, 1.165) is 145 Å². The average molecular weight is 1760 g/mol. The van der Waals surface area contributed by atoms with Crippen molar-refractivity contribution in [2.45, 2.75) is 0 Å². The van der Waals surface area contributed by atoms with Gasteiger partial charge in [0.15, 0.2) is 5.58 Å². The SMILES string of the molecule is c1ccc(-c2ccc(N(c3ccc(-c4ccccc4)cc3)c3ccc(-c4cccc5c4oc4c5ccc5ccc6ccccc6c54)cc3)cc2)cc1.c1ccc(-c2ccc(N(c3ccccc3)c3ccc(-c4cccc5c4oc4c5ccc5ccc6ccccc6c54)cc3)cc2)cc1.c1ccc(-c2ccc3c(ccc4ccc5c6cccc(N(c7ccccc7)c7ccccc7)c6oc5c43)c2)cc1. The summed E-state index contributed by atoms with van der Waals surface area (Å²) < 4.78 is 20.6. The molecule has 0 spiro atoms. The Bertz CT molecular complexity index is 9070. The molecule has 648 valence electrons. The summed E-state index contributed by atoms with van der Waals surface area (Å²) in [6.07, 6.45) is 0. The maximum atomic E-state index is 6.90. The highest BCUT2D eigenvalue weighted by Gasteiger charge is 2.25. The molecule has 0 bridgehead atoms. The van der Waals surface area contributed by atoms with Gasteiger partial charge in [0.05, 0.1) is 5.69 Å². The monoisotopic (exact) mass is 1760 g/mol. The third-order valence-electron chi connectivity index (χ3n) is 27.1. The molecule has 0 radical (unpaired) electrons. The third-order valence-corrected chi connectivity index (χ3v) is 27.1. The fraction of sp³-hybridized carbons (Fsp3) is 0. The van der Waals surface area contributed by atoms with Gasteiger partial charge in [-0.1, -0.05) is 400 Å². The quantitative estimate of drug-likeness (QED) is 0.0954. The van der Waals surface area contributed by atoms with E-state index >= 15 is 0 Å². The summed E-state index contributed by atoms with van der Waals surface area (Å²) in [6.45, 7) is 0. The van der Waals surface area contributed by atoms with Crippen LogP contribution in [0.4, 0.5) is 51.2 Å². The van der Waals surface area contributed by atoms with Crippen molar-refractivity contribution in [3.8, 4) is 66.8 Å². The molecule has 6 nitrogen and oxygen atoms in total. The zero-order valence-corrected chi connectivity index (χ0v) is 75.3. The minimum absolute atomic E-state index is 0.885. The number of benzene rings is 24. The molecule has 0 saturated heterocycles. The third kappa shape index (κ3) is 15.0. The van der Waals surface area contributed by atoms with Crippen LogP contribution in [0.25, 0.3) is 197 Å². The van der Waals surface area contributed by atoms with Crippen molar-refractivity contribution in [2.75, 3.05) is 14.7 Å². The van der Waals surface area contributed by atoms with E-state index in [1.54, 1.807) is 0 Å². The second kappa shape index (κ2) is 35.3. The standard InChI is InChI=1S/C50H33NO.C44H29NO.C38H25NO/c1-3-10-34(11-4-1)36-20-27-41(28-21-36)51(42-29-22-37(23-30-42)35-12-5-2-6-13-35)43-31-24-39(25-32-43)45-16-9-17-46-47-33-26-40-19-18-38-14-7-8-15-44(38)48(40)50(47)52-49(45)46;1-3-10-30(11-4-1)31-20-25-36(26-21-31)45(35-13-5-2-6-14-35)37-27-22-33(23-28-37)39-16-9-17-40-41-29-24-34-19-18-32-12-7-8-15-38(32)42(34)44(41)46-43(39)40;1-4-11-26(12-5-1)28-22-23-32-29(25-28)20-19-27-21-24-34-33-17-10-18-35(37(33)40-38(34)36(27)32)39(30-13-6-2-7-14-30)31-15-8-3-9-16-31/h1-33H;1-29H;1-25H. The summed E-state index contributed by atoms with van der Waals surface area (Å²) in [5.74, 6) is 0. The lowest BCUT2D eigenvalue weighted by atomic mass is 9.96. The number of furan rings is 3. The van der Waals surface area contributed by atoms with Crippen LogP contribution in [0, 0.1) is 0 Å². The van der Waals surface area contributed by atoms with Crippen molar-refractivity contribution in [3.63, 3.8) is 0 Å². The van der Waals surface area contributed by atoms with Gasteiger partial charge >= 0.3 is 0 Å². The van der Waals surface area contributed by atoms with Gasteiger partial charge < -0.3 is 28.0 Å². The number of fused-ring (bicyclic) bond motifs is 21. The molecule has 27 aromatic rings. The molecule has 3 heterocycles. The highest BCUT2D eigenvalue weighted by atomic mass is 16.3. The van der Waals surface area contributed by atoms with Crippen LogP contribution in [0.1, 0.15) is 0 Å². The van der Waals surface area contributed by atoms with Gasteiger partial charge in [0, 0.05) is 105 Å². The summed E-state index contributed by atoms with van der Waals surface area (Å²) in [7, 11) is 0. The maximum Gasteiger partial charge on any atom is 0.159 e. The molecule has 0 aliphatic heterocycles. The Morgan fingerprint density at radius 1 is 0.123 bits per heavy atom. The van der Waals surface area contributed by atoms with Crippen molar-refractivity contribution in [2.24, 2.45) is 0 Å². The smallest absolute Gasteiger partial charge is 0.159 e. The fourth-order valence-corrected chi connectivity index (χ4v) is 20.4. The molecular formula is C132H87N3O3. The number of hydrogen-bond acceptors (Lipinski definition) is 6. The number of nitrogens with zero attached hydrogens (tertiary/aromatic N) is 3. The fourth-order valence-electron chi connectivity index (χ4n) is 20.4. The summed E-state index contributed by atoms with van der Waals surface area (Å²) in [4.78, 5) is 6.90. The molecule has 3 aromatic heterocycles. The van der Waals surface area contributed by atoms with Gasteiger partial charge in [0.2, 0.25) is 0 Å². The van der Waals surface area contributed by atoms with E-state index in [9.17, 15) is 0 Å². The molecule has 0 aliphatic rings. The number of anilines is 9. The second-order valence-corrected chi connectivity index (χ2v) is 35.2. The first kappa shape index (κ1) is 81.6. The molecule has 0 N–H and O–H groups in total. The summed E-state index contributed by atoms with van der Waals surface area (Å²) in [5, 5.41) is 21.1. The number of para-hydroxylation sites is 6. The lowest BCUT2D eigenvalue weighted by molar-refractivity contribution is 0.673. The highest BCUT2D eigenvalue weighted by Crippen LogP contribution is 2.50. The Morgan fingerprint density at radius 2 is 0.355 bits per heavy atom. The van der Waals surface area contributed by atoms with Gasteiger partial charge in [-0.3, -0.25) is 0 Å². The molecule has 0 aliphatic carbocycles. The average Bonchev–Trinajstić information content (AvgIpc) is 1.58. The molecule has 0 fully saturated rings. The highest BCUT2D eigenvalue weighted by molar-refractivity contribution is 6.27. The van der Waals surface area contributed by atoms with E-state index in [2.05, 4.69) is 542 Å². The van der Waals surface area contributed by atoms with Gasteiger partial charge in [0.25, 0.3) is 0 Å². The molecule has 6 heteroatoms. The van der Waals surface area contributed by atoms with Gasteiger partial charge in [-0.25, -0.2) is 0 Å². The van der Waals surface area contributed by atoms with E-state index in [0.29, 0.717) is 0 Å². The van der Waals surface area contributed by atoms with Gasteiger partial charge in [-0.2, -0.15) is 0 Å². The Balaban J connectivity index is 0.000000111. The van der Waals surface area contributed by atoms with Crippen LogP contribution >= 0.6 is 0 Å². The first-order valence-electron chi connectivity index (χ1n) is 47.1. The zero-order valence-electron chi connectivity index (χ0n) is 75.3. The van der Waals surface area contributed by atoms with Crippen molar-refractivity contribution >= 4 is 182 Å². The number of hydrogen-bond donors (Lipinski definition) is 0. The van der Waals surface area contributed by atoms with Crippen molar-refractivity contribution in [1.82, 2.24) is 0 Å². The van der Waals surface area contributed by atoms with Crippen molar-refractivity contribution < 1.29 is 13.3 Å². The van der Waals surface area contributed by atoms with Gasteiger partial charge in [0.1, 0.15) is 27.9 Å². The van der Waals surface area contributed by atoms with E-state index in [-0.39, 0.29) is 0 Å². The Labute approximate surface area is 798 Å². The molecule has 24 aromatic carbocycles. The molecule has 27 rings (SSSR count). The van der Waals surface area contributed by atoms with E-state index in [1.807, 2.05) is 0 Å². The van der Waals surface area contributed by atoms with Crippen LogP contribution in [0.3, 0.4) is 0 Å². The molecule has 0 atom stereocenters. The summed E-state index contributed by atoms with van der Waals surface area (Å²) in [5.41, 5.74) is 29.4. The summed E-state index contributed by atoms with van der Waals surface area (Å²) >= 11 is 0. The van der Waals surface area contributed by atoms with Crippen LogP contribution in [0.5, 0.6) is 0 Å². The van der Waals surface area contributed by atoms with E-state index in [4.69, 9.17) is 13.3 Å². The van der Waals surface area contributed by atoms with Crippen LogP contribution in [0.15, 0.2) is 541 Å². The maximum absolute atomic E-state index is 6.90. The van der Waals surface area contributed by atoms with E-state index < -0.39 is 0 Å². The minimum atomic E-state index is 0.885. The zero-order chi connectivity index (χ0) is 91.4. The van der Waals surface area contributed by atoms with Crippen LogP contribution in [0.2, 0.25) is 0 Å². The Hall–Kier alpha value is -18.4. The van der Waals surface area contributed by atoms with Crippen molar-refractivity contribution in [3.05, 3.63) is 528 Å². The molecular weight excluding hydrogens is 1680 g/mol. The Morgan fingerprint density at radius 3 is 0.725 bits per heavy atom. The molecule has 0 saturated carbocycles. The predicted molar refractivity (Wildman–Crippen MR) is 583 cm³/mol. The van der Waals surface area contributed by atoms with Gasteiger partial charge in [-0.15, -0.1) is 0 Å². The normalized spacial score (nSPS) is 11.5.